The molecule has 0 aromatic heterocycles. The van der Waals surface area contributed by atoms with Crippen LogP contribution in [-0.4, -0.2) is 24.9 Å². The summed E-state index contributed by atoms with van der Waals surface area (Å²) in [5.74, 6) is -0.545. The Bertz CT molecular complexity index is 446. The van der Waals surface area contributed by atoms with E-state index in [1.807, 2.05) is 6.92 Å². The van der Waals surface area contributed by atoms with Crippen LogP contribution in [0.5, 0.6) is 0 Å². The predicted octanol–water partition coefficient (Wildman–Crippen LogP) is 0.306. The highest BCUT2D eigenvalue weighted by Gasteiger charge is 2.05. The zero-order valence-corrected chi connectivity index (χ0v) is 10.3. The van der Waals surface area contributed by atoms with Crippen LogP contribution in [0, 0.1) is 0 Å². The van der Waals surface area contributed by atoms with E-state index in [4.69, 9.17) is 11.5 Å². The number of carbonyl (C=O) groups excluding carboxylic acids is 2. The zero-order chi connectivity index (χ0) is 13.5. The first-order chi connectivity index (χ1) is 8.54. The van der Waals surface area contributed by atoms with E-state index in [0.29, 0.717) is 36.4 Å². The molecule has 0 radical (unpaired) electrons. The molecule has 0 fully saturated rings. The van der Waals surface area contributed by atoms with E-state index in [0.717, 1.165) is 0 Å². The van der Waals surface area contributed by atoms with Crippen LogP contribution in [0.3, 0.4) is 0 Å². The molecule has 0 aliphatic carbocycles. The maximum atomic E-state index is 11.2. The molecule has 1 aromatic rings. The van der Waals surface area contributed by atoms with Crippen molar-refractivity contribution in [3.05, 3.63) is 23.8 Å². The van der Waals surface area contributed by atoms with Crippen molar-refractivity contribution in [3.63, 3.8) is 0 Å². The summed E-state index contributed by atoms with van der Waals surface area (Å²) >= 11 is 0. The molecular formula is C12H18N4O2. The Morgan fingerprint density at radius 1 is 1.33 bits per heavy atom. The fraction of sp³-hybridized carbons (Fsp3) is 0.333. The number of carbonyl (C=O) groups is 2. The molecule has 0 unspecified atom stereocenters. The molecule has 98 valence electrons. The van der Waals surface area contributed by atoms with Crippen molar-refractivity contribution in [2.45, 2.75) is 13.3 Å². The average Bonchev–Trinajstić information content (AvgIpc) is 2.31. The second kappa shape index (κ2) is 6.48. The fourth-order valence-electron chi connectivity index (χ4n) is 1.46. The van der Waals surface area contributed by atoms with Gasteiger partial charge in [0.1, 0.15) is 0 Å². The Balaban J connectivity index is 2.58. The van der Waals surface area contributed by atoms with Crippen LogP contribution in [0.25, 0.3) is 0 Å². The fourth-order valence-corrected chi connectivity index (χ4v) is 1.46. The smallest absolute Gasteiger partial charge is 0.248 e. The van der Waals surface area contributed by atoms with Crippen molar-refractivity contribution in [2.24, 2.45) is 5.73 Å². The number of benzene rings is 1. The van der Waals surface area contributed by atoms with Gasteiger partial charge in [-0.2, -0.15) is 0 Å². The summed E-state index contributed by atoms with van der Waals surface area (Å²) in [5.41, 5.74) is 12.4. The number of primary amides is 1. The van der Waals surface area contributed by atoms with Gasteiger partial charge in [-0.15, -0.1) is 0 Å². The van der Waals surface area contributed by atoms with Gasteiger partial charge < -0.3 is 22.1 Å². The van der Waals surface area contributed by atoms with E-state index >= 15 is 0 Å². The highest BCUT2D eigenvalue weighted by molar-refractivity contribution is 5.94. The highest BCUT2D eigenvalue weighted by Crippen LogP contribution is 2.19. The van der Waals surface area contributed by atoms with Crippen LogP contribution in [-0.2, 0) is 4.79 Å². The number of anilines is 2. The Morgan fingerprint density at radius 3 is 2.67 bits per heavy atom. The van der Waals surface area contributed by atoms with E-state index in [-0.39, 0.29) is 5.91 Å². The molecule has 1 rings (SSSR count). The van der Waals surface area contributed by atoms with E-state index in [9.17, 15) is 9.59 Å². The first kappa shape index (κ1) is 13.8. The quantitative estimate of drug-likeness (QED) is 0.544. The molecule has 0 aliphatic heterocycles. The predicted molar refractivity (Wildman–Crippen MR) is 71.2 cm³/mol. The molecule has 6 N–H and O–H groups in total. The Labute approximate surface area is 106 Å². The lowest BCUT2D eigenvalue weighted by molar-refractivity contribution is -0.120. The van der Waals surface area contributed by atoms with Gasteiger partial charge in [-0.25, -0.2) is 0 Å². The summed E-state index contributed by atoms with van der Waals surface area (Å²) in [6.07, 6.45) is 0.341. The first-order valence-electron chi connectivity index (χ1n) is 5.74. The maximum Gasteiger partial charge on any atom is 0.248 e. The lowest BCUT2D eigenvalue weighted by Crippen LogP contribution is -2.24. The van der Waals surface area contributed by atoms with Gasteiger partial charge in [0, 0.05) is 25.1 Å². The van der Waals surface area contributed by atoms with Gasteiger partial charge in [-0.1, -0.05) is 0 Å². The Hall–Kier alpha value is -2.24. The van der Waals surface area contributed by atoms with E-state index in [1.54, 1.807) is 18.2 Å². The van der Waals surface area contributed by atoms with Crippen molar-refractivity contribution in [2.75, 3.05) is 24.1 Å². The second-order valence-corrected chi connectivity index (χ2v) is 3.80. The van der Waals surface area contributed by atoms with Crippen molar-refractivity contribution < 1.29 is 9.59 Å². The van der Waals surface area contributed by atoms with Gasteiger partial charge in [0.2, 0.25) is 11.8 Å². The van der Waals surface area contributed by atoms with E-state index in [1.165, 1.54) is 0 Å². The standard InChI is InChI=1S/C12H18N4O2/c1-2-15-11(17)5-6-16-10-7-8(12(14)18)3-4-9(10)13/h3-4,7,16H,2,5-6,13H2,1H3,(H2,14,18)(H,15,17). The molecule has 0 bridgehead atoms. The number of rotatable bonds is 6. The molecular weight excluding hydrogens is 232 g/mol. The van der Waals surface area contributed by atoms with Crippen molar-refractivity contribution >= 4 is 23.2 Å². The van der Waals surface area contributed by atoms with Crippen LogP contribution < -0.4 is 22.1 Å². The Kier molecular flexibility index (Phi) is 4.98. The molecule has 6 heteroatoms. The number of hydrogen-bond acceptors (Lipinski definition) is 4. The lowest BCUT2D eigenvalue weighted by atomic mass is 10.1. The average molecular weight is 250 g/mol. The molecule has 18 heavy (non-hydrogen) atoms. The SMILES string of the molecule is CCNC(=O)CCNc1cc(C(N)=O)ccc1N. The Morgan fingerprint density at radius 2 is 2.06 bits per heavy atom. The zero-order valence-electron chi connectivity index (χ0n) is 10.3. The summed E-state index contributed by atoms with van der Waals surface area (Å²) in [6.45, 7) is 2.91. The molecule has 2 amide bonds. The van der Waals surface area contributed by atoms with Gasteiger partial charge in [-0.3, -0.25) is 9.59 Å². The summed E-state index contributed by atoms with van der Waals surface area (Å²) in [6, 6.07) is 4.75. The lowest BCUT2D eigenvalue weighted by Gasteiger charge is -2.10. The van der Waals surface area contributed by atoms with Crippen LogP contribution in [0.4, 0.5) is 11.4 Å². The van der Waals surface area contributed by atoms with Gasteiger partial charge in [0.25, 0.3) is 0 Å². The number of nitrogens with two attached hydrogens (primary N) is 2. The van der Waals surface area contributed by atoms with Gasteiger partial charge in [0.05, 0.1) is 11.4 Å². The van der Waals surface area contributed by atoms with Crippen molar-refractivity contribution in [1.29, 1.82) is 0 Å². The van der Waals surface area contributed by atoms with E-state index < -0.39 is 5.91 Å². The largest absolute Gasteiger partial charge is 0.397 e. The van der Waals surface area contributed by atoms with Gasteiger partial charge in [-0.05, 0) is 25.1 Å². The van der Waals surface area contributed by atoms with Crippen LogP contribution in [0.15, 0.2) is 18.2 Å². The molecule has 0 heterocycles. The molecule has 1 aromatic carbocycles. The molecule has 0 atom stereocenters. The minimum Gasteiger partial charge on any atom is -0.397 e. The van der Waals surface area contributed by atoms with Crippen molar-refractivity contribution in [1.82, 2.24) is 5.32 Å². The van der Waals surface area contributed by atoms with Crippen molar-refractivity contribution in [3.8, 4) is 0 Å². The van der Waals surface area contributed by atoms with Crippen LogP contribution in [0.1, 0.15) is 23.7 Å². The van der Waals surface area contributed by atoms with Crippen LogP contribution in [0.2, 0.25) is 0 Å². The molecule has 0 spiro atoms. The summed E-state index contributed by atoms with van der Waals surface area (Å²) in [5, 5.41) is 5.70. The number of nitrogen functional groups attached to an aromatic ring is 1. The normalized spacial score (nSPS) is 9.83. The topological polar surface area (TPSA) is 110 Å². The summed E-state index contributed by atoms with van der Waals surface area (Å²) in [4.78, 5) is 22.3. The monoisotopic (exact) mass is 250 g/mol. The third-order valence-corrected chi connectivity index (χ3v) is 2.38. The number of amides is 2. The molecule has 6 nitrogen and oxygen atoms in total. The summed E-state index contributed by atoms with van der Waals surface area (Å²) < 4.78 is 0. The number of hydrogen-bond donors (Lipinski definition) is 4. The molecule has 0 aliphatic rings. The highest BCUT2D eigenvalue weighted by atomic mass is 16.1. The van der Waals surface area contributed by atoms with E-state index in [2.05, 4.69) is 10.6 Å². The van der Waals surface area contributed by atoms with Crippen LogP contribution >= 0.6 is 0 Å². The third-order valence-electron chi connectivity index (χ3n) is 2.38. The van der Waals surface area contributed by atoms with Gasteiger partial charge in [0.15, 0.2) is 0 Å². The third kappa shape index (κ3) is 3.97. The maximum absolute atomic E-state index is 11.2. The number of nitrogens with one attached hydrogen (secondary N) is 2. The molecule has 0 saturated carbocycles. The minimum absolute atomic E-state index is 0.0328. The van der Waals surface area contributed by atoms with Gasteiger partial charge >= 0.3 is 0 Å². The second-order valence-electron chi connectivity index (χ2n) is 3.80. The first-order valence-corrected chi connectivity index (χ1v) is 5.74. The minimum atomic E-state index is -0.512. The summed E-state index contributed by atoms with van der Waals surface area (Å²) in [7, 11) is 0. The molecule has 0 saturated heterocycles.